The van der Waals surface area contributed by atoms with Crippen molar-refractivity contribution >= 4 is 16.4 Å². The summed E-state index contributed by atoms with van der Waals surface area (Å²) >= 11 is 0. The fraction of sp³-hybridized carbons (Fsp3) is 0.0588. The molecule has 4 N–H and O–H groups in total. The maximum atomic E-state index is 13.1. The minimum atomic E-state index is -4.60. The van der Waals surface area contributed by atoms with E-state index in [9.17, 15) is 21.6 Å². The van der Waals surface area contributed by atoms with E-state index in [2.05, 4.69) is 10.8 Å². The largest absolute Gasteiger partial charge is 0.435 e. The molecular weight excluding hydrogens is 397 g/mol. The van der Waals surface area contributed by atoms with Crippen LogP contribution in [0, 0.1) is 0 Å². The number of alkyl halides is 3. The second-order valence-electron chi connectivity index (χ2n) is 5.37. The number of nitrogens with two attached hydrogens (primary N) is 2. The quantitative estimate of drug-likeness (QED) is 0.641. The van der Waals surface area contributed by atoms with Gasteiger partial charge in [0, 0.05) is 5.56 Å². The first kappa shape index (κ1) is 21.1. The highest BCUT2D eigenvalue weighted by Gasteiger charge is 2.35. The van der Waals surface area contributed by atoms with Crippen LogP contribution in [0.2, 0.25) is 0 Å². The Bertz CT molecular complexity index is 1050. The van der Waals surface area contributed by atoms with Gasteiger partial charge in [-0.1, -0.05) is 30.3 Å². The molecule has 148 valence electrons. The summed E-state index contributed by atoms with van der Waals surface area (Å²) in [6.07, 6.45) is -4.35. The summed E-state index contributed by atoms with van der Waals surface area (Å²) < 4.78 is 62.9. The first-order valence-corrected chi connectivity index (χ1v) is 9.14. The highest BCUT2D eigenvalue weighted by Crippen LogP contribution is 2.33. The molecule has 1 heterocycles. The summed E-state index contributed by atoms with van der Waals surface area (Å²) in [5.74, 6) is 0. The molecule has 11 heteroatoms. The number of carbonyl (C=O) groups excluding carboxylic acids is 1. The van der Waals surface area contributed by atoms with Gasteiger partial charge >= 0.3 is 6.18 Å². The molecule has 0 aliphatic carbocycles. The van der Waals surface area contributed by atoms with Crippen LogP contribution in [-0.2, 0) is 21.0 Å². The van der Waals surface area contributed by atoms with Gasteiger partial charge in [-0.05, 0) is 30.3 Å². The number of amides is 1. The Morgan fingerprint density at radius 1 is 1.00 bits per heavy atom. The number of hydrogen-bond donors (Lipinski definition) is 2. The van der Waals surface area contributed by atoms with Gasteiger partial charge in [0.1, 0.15) is 0 Å². The maximum absolute atomic E-state index is 13.1. The molecule has 1 amide bonds. The van der Waals surface area contributed by atoms with Crippen molar-refractivity contribution in [3.8, 4) is 16.9 Å². The van der Waals surface area contributed by atoms with Crippen molar-refractivity contribution in [3.05, 3.63) is 66.4 Å². The topological polar surface area (TPSA) is 121 Å². The van der Waals surface area contributed by atoms with Crippen LogP contribution >= 0.6 is 0 Å². The molecule has 0 unspecified atom stereocenters. The molecule has 0 saturated carbocycles. The number of rotatable bonds is 3. The lowest BCUT2D eigenvalue weighted by Gasteiger charge is -2.08. The molecule has 28 heavy (non-hydrogen) atoms. The molecule has 0 bridgehead atoms. The lowest BCUT2D eigenvalue weighted by atomic mass is 10.1. The number of primary sulfonamides is 1. The molecule has 3 rings (SSSR count). The first-order valence-electron chi connectivity index (χ1n) is 7.59. The molecule has 0 aliphatic rings. The van der Waals surface area contributed by atoms with Crippen LogP contribution in [0.3, 0.4) is 0 Å². The van der Waals surface area contributed by atoms with E-state index < -0.39 is 21.9 Å². The van der Waals surface area contributed by atoms with Crippen molar-refractivity contribution in [1.29, 1.82) is 0 Å². The number of aromatic nitrogens is 2. The SMILES string of the molecule is NC=O.NS(=O)(=O)c1ccc(-n2nc(C(F)(F)F)cc2-c2ccccc2)cc1. The molecule has 0 radical (unpaired) electrons. The molecule has 1 aromatic heterocycles. The second-order valence-corrected chi connectivity index (χ2v) is 6.93. The van der Waals surface area contributed by atoms with Crippen LogP contribution < -0.4 is 10.9 Å². The highest BCUT2D eigenvalue weighted by atomic mass is 32.2. The molecule has 0 atom stereocenters. The number of carbonyl (C=O) groups is 1. The average Bonchev–Trinajstić information content (AvgIpc) is 3.08. The Kier molecular flexibility index (Phi) is 6.21. The molecular formula is C17H15F3N4O3S. The standard InChI is InChI=1S/C16H12F3N3O2S.CH3NO/c17-16(18,19)15-10-14(11-4-2-1-3-5-11)22(21-15)12-6-8-13(9-7-12)25(20,23)24;2-1-3/h1-10H,(H2,20,23,24);1H,(H2,2,3). The van der Waals surface area contributed by atoms with Gasteiger partial charge in [0.05, 0.1) is 16.3 Å². The number of nitrogens with zero attached hydrogens (tertiary/aromatic N) is 2. The van der Waals surface area contributed by atoms with Crippen LogP contribution in [0.25, 0.3) is 16.9 Å². The Labute approximate surface area is 158 Å². The number of benzene rings is 2. The summed E-state index contributed by atoms with van der Waals surface area (Å²) in [5.41, 5.74) is 4.18. The van der Waals surface area contributed by atoms with E-state index in [0.29, 0.717) is 5.56 Å². The van der Waals surface area contributed by atoms with Gasteiger partial charge in [-0.2, -0.15) is 18.3 Å². The third-order valence-electron chi connectivity index (χ3n) is 3.48. The number of primary amides is 1. The number of sulfonamides is 1. The fourth-order valence-electron chi connectivity index (χ4n) is 2.31. The van der Waals surface area contributed by atoms with Crippen LogP contribution in [0.4, 0.5) is 13.2 Å². The first-order chi connectivity index (χ1) is 13.1. The lowest BCUT2D eigenvalue weighted by molar-refractivity contribution is -0.141. The van der Waals surface area contributed by atoms with Gasteiger partial charge in [0.15, 0.2) is 5.69 Å². The number of halogens is 3. The van der Waals surface area contributed by atoms with Crippen molar-refractivity contribution in [2.45, 2.75) is 11.1 Å². The van der Waals surface area contributed by atoms with E-state index in [1.165, 1.54) is 24.3 Å². The van der Waals surface area contributed by atoms with E-state index in [-0.39, 0.29) is 22.7 Å². The summed E-state index contributed by atoms with van der Waals surface area (Å²) in [7, 11) is -3.89. The third-order valence-corrected chi connectivity index (χ3v) is 4.41. The van der Waals surface area contributed by atoms with Crippen LogP contribution in [0.15, 0.2) is 65.6 Å². The molecule has 0 aliphatic heterocycles. The van der Waals surface area contributed by atoms with E-state index in [1.54, 1.807) is 30.3 Å². The van der Waals surface area contributed by atoms with Crippen LogP contribution in [0.1, 0.15) is 5.69 Å². The Morgan fingerprint density at radius 3 is 2.00 bits per heavy atom. The van der Waals surface area contributed by atoms with Crippen LogP contribution in [0.5, 0.6) is 0 Å². The molecule has 0 saturated heterocycles. The van der Waals surface area contributed by atoms with Crippen molar-refractivity contribution < 1.29 is 26.4 Å². The van der Waals surface area contributed by atoms with E-state index in [4.69, 9.17) is 9.93 Å². The van der Waals surface area contributed by atoms with Crippen molar-refractivity contribution in [2.24, 2.45) is 10.9 Å². The number of hydrogen-bond acceptors (Lipinski definition) is 4. The van der Waals surface area contributed by atoms with Gasteiger partial charge in [-0.15, -0.1) is 0 Å². The fourth-order valence-corrected chi connectivity index (χ4v) is 2.82. The smallest absolute Gasteiger partial charge is 0.372 e. The zero-order valence-corrected chi connectivity index (χ0v) is 15.0. The Hall–Kier alpha value is -3.18. The van der Waals surface area contributed by atoms with Gasteiger partial charge in [-0.25, -0.2) is 18.2 Å². The highest BCUT2D eigenvalue weighted by molar-refractivity contribution is 7.89. The summed E-state index contributed by atoms with van der Waals surface area (Å²) in [6, 6.07) is 14.5. The molecule has 7 nitrogen and oxygen atoms in total. The minimum Gasteiger partial charge on any atom is -0.372 e. The Morgan fingerprint density at radius 2 is 1.54 bits per heavy atom. The van der Waals surface area contributed by atoms with Gasteiger partial charge < -0.3 is 5.73 Å². The normalized spacial score (nSPS) is 11.4. The summed E-state index contributed by atoms with van der Waals surface area (Å²) in [6.45, 7) is 0. The Balaban J connectivity index is 0.000000878. The van der Waals surface area contributed by atoms with Gasteiger partial charge in [0.25, 0.3) is 0 Å². The van der Waals surface area contributed by atoms with E-state index >= 15 is 0 Å². The monoisotopic (exact) mass is 412 g/mol. The molecule has 2 aromatic carbocycles. The predicted molar refractivity (Wildman–Crippen MR) is 95.6 cm³/mol. The zero-order valence-electron chi connectivity index (χ0n) is 14.2. The van der Waals surface area contributed by atoms with Crippen molar-refractivity contribution in [1.82, 2.24) is 9.78 Å². The van der Waals surface area contributed by atoms with Gasteiger partial charge in [-0.3, -0.25) is 4.79 Å². The zero-order chi connectivity index (χ0) is 20.9. The lowest BCUT2D eigenvalue weighted by Crippen LogP contribution is -2.12. The average molecular weight is 412 g/mol. The molecule has 0 fully saturated rings. The molecule has 3 aromatic rings. The summed E-state index contributed by atoms with van der Waals surface area (Å²) in [4.78, 5) is 8.45. The molecule has 0 spiro atoms. The van der Waals surface area contributed by atoms with Crippen LogP contribution in [-0.4, -0.2) is 24.6 Å². The van der Waals surface area contributed by atoms with E-state index in [0.717, 1.165) is 10.7 Å². The third kappa shape index (κ3) is 4.96. The predicted octanol–water partition coefficient (Wildman–Crippen LogP) is 2.31. The maximum Gasteiger partial charge on any atom is 0.435 e. The van der Waals surface area contributed by atoms with Crippen molar-refractivity contribution in [2.75, 3.05) is 0 Å². The summed E-state index contributed by atoms with van der Waals surface area (Å²) in [5, 5.41) is 8.66. The van der Waals surface area contributed by atoms with E-state index in [1.807, 2.05) is 0 Å². The second kappa shape index (κ2) is 8.23. The van der Waals surface area contributed by atoms with Crippen molar-refractivity contribution in [3.63, 3.8) is 0 Å². The minimum absolute atomic E-state index is 0.138. The van der Waals surface area contributed by atoms with Gasteiger partial charge in [0.2, 0.25) is 16.4 Å².